The summed E-state index contributed by atoms with van der Waals surface area (Å²) in [5.41, 5.74) is 0.352. The molecule has 2 N–H and O–H groups in total. The molecular formula is C16H16N4O4. The highest BCUT2D eigenvalue weighted by molar-refractivity contribution is 5.94. The number of aromatic nitrogens is 2. The molecule has 0 radical (unpaired) electrons. The zero-order valence-electron chi connectivity index (χ0n) is 12.8. The molecule has 8 nitrogen and oxygen atoms in total. The van der Waals surface area contributed by atoms with Crippen LogP contribution >= 0.6 is 0 Å². The Balaban J connectivity index is 1.63. The summed E-state index contributed by atoms with van der Waals surface area (Å²) in [5.74, 6) is -0.592. The van der Waals surface area contributed by atoms with Gasteiger partial charge in [0.1, 0.15) is 11.6 Å². The van der Waals surface area contributed by atoms with Crippen molar-refractivity contribution in [3.63, 3.8) is 0 Å². The van der Waals surface area contributed by atoms with Crippen molar-refractivity contribution in [1.82, 2.24) is 14.9 Å². The fourth-order valence-electron chi connectivity index (χ4n) is 2.56. The summed E-state index contributed by atoms with van der Waals surface area (Å²) in [5, 5.41) is 18.3. The summed E-state index contributed by atoms with van der Waals surface area (Å²) in [6.45, 7) is 2.17. The molecule has 8 heteroatoms. The lowest BCUT2D eigenvalue weighted by Crippen LogP contribution is -2.49. The third kappa shape index (κ3) is 3.27. The number of aromatic hydroxyl groups is 1. The van der Waals surface area contributed by atoms with Crippen molar-refractivity contribution in [1.29, 1.82) is 0 Å². The standard InChI is InChI=1S/C16H16N4O4/c21-12-3-1-2-11(8-12)15(22)20-6-4-19(5-7-20)14-10-17-13(9-18-14)16(23)24/h1-3,8-10,21H,4-7H2,(H,23,24). The number of phenolic OH excluding ortho intramolecular Hbond substituents is 1. The highest BCUT2D eigenvalue weighted by atomic mass is 16.4. The number of carbonyl (C=O) groups excluding carboxylic acids is 1. The average Bonchev–Trinajstić information content (AvgIpc) is 2.61. The summed E-state index contributed by atoms with van der Waals surface area (Å²) in [6, 6.07) is 6.28. The molecule has 1 aliphatic rings. The van der Waals surface area contributed by atoms with Crippen molar-refractivity contribution in [3.05, 3.63) is 47.9 Å². The van der Waals surface area contributed by atoms with Crippen molar-refractivity contribution in [3.8, 4) is 5.75 Å². The lowest BCUT2D eigenvalue weighted by molar-refractivity contribution is 0.0688. The third-order valence-electron chi connectivity index (χ3n) is 3.84. The van der Waals surface area contributed by atoms with E-state index in [-0.39, 0.29) is 17.4 Å². The molecule has 0 spiro atoms. The van der Waals surface area contributed by atoms with Crippen LogP contribution in [0.15, 0.2) is 36.7 Å². The van der Waals surface area contributed by atoms with Gasteiger partial charge in [-0.1, -0.05) is 6.07 Å². The van der Waals surface area contributed by atoms with Gasteiger partial charge in [-0.25, -0.2) is 14.8 Å². The van der Waals surface area contributed by atoms with E-state index in [1.165, 1.54) is 24.5 Å². The minimum absolute atomic E-state index is 0.0632. The number of hydrogen-bond donors (Lipinski definition) is 2. The number of anilines is 1. The van der Waals surface area contributed by atoms with Crippen LogP contribution in [0.4, 0.5) is 5.82 Å². The van der Waals surface area contributed by atoms with E-state index < -0.39 is 5.97 Å². The van der Waals surface area contributed by atoms with Gasteiger partial charge in [0.25, 0.3) is 5.91 Å². The predicted octanol–water partition coefficient (Wildman–Crippen LogP) is 0.843. The van der Waals surface area contributed by atoms with Crippen LogP contribution in [0.25, 0.3) is 0 Å². The van der Waals surface area contributed by atoms with Crippen LogP contribution in [-0.4, -0.2) is 63.1 Å². The lowest BCUT2D eigenvalue weighted by atomic mass is 10.1. The highest BCUT2D eigenvalue weighted by Gasteiger charge is 2.23. The van der Waals surface area contributed by atoms with Gasteiger partial charge in [0.2, 0.25) is 0 Å². The van der Waals surface area contributed by atoms with Crippen LogP contribution in [0.1, 0.15) is 20.8 Å². The average molecular weight is 328 g/mol. The van der Waals surface area contributed by atoms with E-state index in [1.807, 2.05) is 4.90 Å². The number of aromatic carboxylic acids is 1. The van der Waals surface area contributed by atoms with Gasteiger partial charge in [-0.2, -0.15) is 0 Å². The van der Waals surface area contributed by atoms with Crippen molar-refractivity contribution < 1.29 is 19.8 Å². The molecule has 0 unspecified atom stereocenters. The molecule has 1 fully saturated rings. The van der Waals surface area contributed by atoms with Gasteiger partial charge in [0, 0.05) is 31.7 Å². The zero-order chi connectivity index (χ0) is 17.1. The maximum Gasteiger partial charge on any atom is 0.356 e. The number of carboxylic acid groups (broad SMARTS) is 1. The van der Waals surface area contributed by atoms with E-state index in [4.69, 9.17) is 5.11 Å². The minimum Gasteiger partial charge on any atom is -0.508 e. The second-order valence-corrected chi connectivity index (χ2v) is 5.39. The first-order chi connectivity index (χ1) is 11.5. The molecule has 3 rings (SSSR count). The molecule has 0 saturated carbocycles. The second-order valence-electron chi connectivity index (χ2n) is 5.39. The quantitative estimate of drug-likeness (QED) is 0.860. The summed E-state index contributed by atoms with van der Waals surface area (Å²) in [7, 11) is 0. The van der Waals surface area contributed by atoms with Crippen LogP contribution < -0.4 is 4.90 Å². The molecule has 2 aromatic rings. The van der Waals surface area contributed by atoms with Crippen LogP contribution in [-0.2, 0) is 0 Å². The van der Waals surface area contributed by atoms with Gasteiger partial charge < -0.3 is 20.0 Å². The lowest BCUT2D eigenvalue weighted by Gasteiger charge is -2.35. The molecule has 1 aromatic carbocycles. The molecule has 1 aromatic heterocycles. The largest absolute Gasteiger partial charge is 0.508 e. The number of rotatable bonds is 3. The molecular weight excluding hydrogens is 312 g/mol. The molecule has 0 bridgehead atoms. The minimum atomic E-state index is -1.12. The van der Waals surface area contributed by atoms with Gasteiger partial charge >= 0.3 is 5.97 Å². The Morgan fingerprint density at radius 2 is 1.79 bits per heavy atom. The van der Waals surface area contributed by atoms with Crippen molar-refractivity contribution in [2.24, 2.45) is 0 Å². The van der Waals surface area contributed by atoms with Crippen molar-refractivity contribution in [2.45, 2.75) is 0 Å². The number of carboxylic acids is 1. The Morgan fingerprint density at radius 1 is 1.04 bits per heavy atom. The van der Waals surface area contributed by atoms with Crippen LogP contribution in [0, 0.1) is 0 Å². The van der Waals surface area contributed by atoms with Gasteiger partial charge in [-0.15, -0.1) is 0 Å². The van der Waals surface area contributed by atoms with E-state index >= 15 is 0 Å². The van der Waals surface area contributed by atoms with E-state index in [0.29, 0.717) is 37.6 Å². The fraction of sp³-hybridized carbons (Fsp3) is 0.250. The van der Waals surface area contributed by atoms with E-state index in [0.717, 1.165) is 0 Å². The Bertz CT molecular complexity index is 755. The Hall–Kier alpha value is -3.16. The molecule has 2 heterocycles. The topological polar surface area (TPSA) is 107 Å². The Kier molecular flexibility index (Phi) is 4.28. The number of phenols is 1. The maximum atomic E-state index is 12.4. The Labute approximate surface area is 138 Å². The maximum absolute atomic E-state index is 12.4. The molecule has 0 atom stereocenters. The van der Waals surface area contributed by atoms with Gasteiger partial charge in [0.15, 0.2) is 5.69 Å². The monoisotopic (exact) mass is 328 g/mol. The summed E-state index contributed by atoms with van der Waals surface area (Å²) in [4.78, 5) is 34.8. The van der Waals surface area contributed by atoms with Crippen LogP contribution in [0.3, 0.4) is 0 Å². The van der Waals surface area contributed by atoms with Crippen molar-refractivity contribution in [2.75, 3.05) is 31.1 Å². The summed E-state index contributed by atoms with van der Waals surface area (Å²) < 4.78 is 0. The zero-order valence-corrected chi connectivity index (χ0v) is 12.8. The normalized spacial score (nSPS) is 14.5. The smallest absolute Gasteiger partial charge is 0.356 e. The van der Waals surface area contributed by atoms with Gasteiger partial charge in [-0.3, -0.25) is 4.79 Å². The molecule has 124 valence electrons. The van der Waals surface area contributed by atoms with E-state index in [9.17, 15) is 14.7 Å². The Morgan fingerprint density at radius 3 is 2.38 bits per heavy atom. The SMILES string of the molecule is O=C(O)c1cnc(N2CCN(C(=O)c3cccc(O)c3)CC2)cn1. The van der Waals surface area contributed by atoms with Crippen molar-refractivity contribution >= 4 is 17.7 Å². The number of hydrogen-bond acceptors (Lipinski definition) is 6. The molecule has 24 heavy (non-hydrogen) atoms. The first kappa shape index (κ1) is 15.7. The van der Waals surface area contributed by atoms with Gasteiger partial charge in [0.05, 0.1) is 12.4 Å². The summed E-state index contributed by atoms with van der Waals surface area (Å²) >= 11 is 0. The molecule has 1 aliphatic heterocycles. The number of piperazine rings is 1. The number of nitrogens with zero attached hydrogens (tertiary/aromatic N) is 4. The number of amides is 1. The highest BCUT2D eigenvalue weighted by Crippen LogP contribution is 2.16. The van der Waals surface area contributed by atoms with E-state index in [1.54, 1.807) is 17.0 Å². The first-order valence-corrected chi connectivity index (χ1v) is 7.43. The molecule has 0 aliphatic carbocycles. The first-order valence-electron chi connectivity index (χ1n) is 7.43. The second kappa shape index (κ2) is 6.53. The third-order valence-corrected chi connectivity index (χ3v) is 3.84. The summed E-state index contributed by atoms with van der Waals surface area (Å²) in [6.07, 6.45) is 2.65. The van der Waals surface area contributed by atoms with Crippen LogP contribution in [0.2, 0.25) is 0 Å². The van der Waals surface area contributed by atoms with Crippen LogP contribution in [0.5, 0.6) is 5.75 Å². The number of carbonyl (C=O) groups is 2. The fourth-order valence-corrected chi connectivity index (χ4v) is 2.56. The van der Waals surface area contributed by atoms with E-state index in [2.05, 4.69) is 9.97 Å². The molecule has 1 saturated heterocycles. The predicted molar refractivity (Wildman–Crippen MR) is 85.2 cm³/mol. The number of benzene rings is 1. The van der Waals surface area contributed by atoms with Gasteiger partial charge in [-0.05, 0) is 18.2 Å². The molecule has 1 amide bonds.